The number of carbonyl (C=O) groups excluding carboxylic acids is 1. The number of hydrogen-bond acceptors (Lipinski definition) is 3. The third-order valence-electron chi connectivity index (χ3n) is 4.49. The molecule has 1 fully saturated rings. The van der Waals surface area contributed by atoms with Crippen molar-refractivity contribution in [1.29, 1.82) is 0 Å². The summed E-state index contributed by atoms with van der Waals surface area (Å²) in [7, 11) is 1.98. The molecule has 1 aliphatic heterocycles. The van der Waals surface area contributed by atoms with Gasteiger partial charge in [0.2, 0.25) is 5.91 Å². The number of carbonyl (C=O) groups is 1. The minimum atomic E-state index is -0.276. The molecular formula is C18H32N4O. The maximum atomic E-state index is 12.3. The molecule has 0 aliphatic carbocycles. The number of aryl methyl sites for hydroxylation is 1. The van der Waals surface area contributed by atoms with E-state index in [1.165, 1.54) is 11.3 Å². The van der Waals surface area contributed by atoms with Crippen molar-refractivity contribution in [2.24, 2.45) is 12.5 Å². The average Bonchev–Trinajstić information content (AvgIpc) is 2.85. The molecule has 1 amide bonds. The molecule has 130 valence electrons. The van der Waals surface area contributed by atoms with E-state index >= 15 is 0 Å². The second kappa shape index (κ2) is 7.04. The van der Waals surface area contributed by atoms with Crippen molar-refractivity contribution in [3.63, 3.8) is 0 Å². The Balaban J connectivity index is 1.85. The largest absolute Gasteiger partial charge is 0.342 e. The Morgan fingerprint density at radius 1 is 1.35 bits per heavy atom. The molecule has 1 N–H and O–H groups in total. The second-order valence-electron chi connectivity index (χ2n) is 8.07. The fourth-order valence-electron chi connectivity index (χ4n) is 3.19. The summed E-state index contributed by atoms with van der Waals surface area (Å²) in [5.41, 5.74) is 2.19. The van der Waals surface area contributed by atoms with Gasteiger partial charge in [-0.25, -0.2) is 0 Å². The first-order valence-electron chi connectivity index (χ1n) is 8.73. The highest BCUT2D eigenvalue weighted by Gasteiger charge is 2.30. The summed E-state index contributed by atoms with van der Waals surface area (Å²) < 4.78 is 1.90. The van der Waals surface area contributed by atoms with Crippen LogP contribution in [0.3, 0.4) is 0 Å². The van der Waals surface area contributed by atoms with Crippen LogP contribution in [-0.2, 0) is 18.4 Å². The lowest BCUT2D eigenvalue weighted by molar-refractivity contribution is -0.140. The van der Waals surface area contributed by atoms with Crippen LogP contribution in [0, 0.1) is 5.41 Å². The summed E-state index contributed by atoms with van der Waals surface area (Å²) >= 11 is 0. The fourth-order valence-corrected chi connectivity index (χ4v) is 3.19. The van der Waals surface area contributed by atoms with Gasteiger partial charge >= 0.3 is 0 Å². The molecule has 0 bridgehead atoms. The van der Waals surface area contributed by atoms with Gasteiger partial charge in [0.15, 0.2) is 0 Å². The summed E-state index contributed by atoms with van der Waals surface area (Å²) in [6.07, 6.45) is 4.17. The zero-order chi connectivity index (χ0) is 17.2. The van der Waals surface area contributed by atoms with Crippen LogP contribution < -0.4 is 5.32 Å². The van der Waals surface area contributed by atoms with Gasteiger partial charge in [0.1, 0.15) is 0 Å². The number of likely N-dealkylation sites (tertiary alicyclic amines) is 1. The maximum Gasteiger partial charge on any atom is 0.227 e. The second-order valence-corrected chi connectivity index (χ2v) is 8.07. The van der Waals surface area contributed by atoms with Crippen LogP contribution >= 0.6 is 0 Å². The molecule has 0 spiro atoms. The highest BCUT2D eigenvalue weighted by Crippen LogP contribution is 2.22. The van der Waals surface area contributed by atoms with Gasteiger partial charge in [0.05, 0.1) is 5.69 Å². The predicted octanol–water partition coefficient (Wildman–Crippen LogP) is 2.67. The van der Waals surface area contributed by atoms with E-state index in [1.54, 1.807) is 0 Å². The van der Waals surface area contributed by atoms with Crippen molar-refractivity contribution in [3.05, 3.63) is 17.5 Å². The SMILES string of the molecule is CC(C)c1nn(C)cc1CNC1CCN(C(=O)C(C)(C)C)CC1. The summed E-state index contributed by atoms with van der Waals surface area (Å²) in [4.78, 5) is 14.3. The van der Waals surface area contributed by atoms with Gasteiger partial charge in [-0.15, -0.1) is 0 Å². The number of nitrogens with zero attached hydrogens (tertiary/aromatic N) is 3. The molecule has 1 aliphatic rings. The molecule has 1 aromatic heterocycles. The van der Waals surface area contributed by atoms with Crippen LogP contribution in [-0.4, -0.2) is 39.7 Å². The zero-order valence-electron chi connectivity index (χ0n) is 15.5. The van der Waals surface area contributed by atoms with E-state index in [9.17, 15) is 4.79 Å². The Hall–Kier alpha value is -1.36. The minimum Gasteiger partial charge on any atom is -0.342 e. The molecule has 5 nitrogen and oxygen atoms in total. The normalized spacial score (nSPS) is 17.1. The Bertz CT molecular complexity index is 534. The topological polar surface area (TPSA) is 50.2 Å². The molecule has 0 aromatic carbocycles. The van der Waals surface area contributed by atoms with Crippen LogP contribution in [0.15, 0.2) is 6.20 Å². The van der Waals surface area contributed by atoms with Gasteiger partial charge in [0.25, 0.3) is 0 Å². The summed E-state index contributed by atoms with van der Waals surface area (Å²) in [6.45, 7) is 12.9. The molecular weight excluding hydrogens is 288 g/mol. The Kier molecular flexibility index (Phi) is 5.50. The minimum absolute atomic E-state index is 0.269. The Morgan fingerprint density at radius 3 is 2.48 bits per heavy atom. The first kappa shape index (κ1) is 18.0. The summed E-state index contributed by atoms with van der Waals surface area (Å²) in [5, 5.41) is 8.21. The number of rotatable bonds is 4. The van der Waals surface area contributed by atoms with Crippen molar-refractivity contribution < 1.29 is 4.79 Å². The van der Waals surface area contributed by atoms with Gasteiger partial charge in [-0.3, -0.25) is 9.48 Å². The molecule has 0 saturated carbocycles. The number of hydrogen-bond donors (Lipinski definition) is 1. The first-order valence-corrected chi connectivity index (χ1v) is 8.73. The molecule has 0 radical (unpaired) electrons. The quantitative estimate of drug-likeness (QED) is 0.928. The number of nitrogens with one attached hydrogen (secondary N) is 1. The molecule has 0 atom stereocenters. The van der Waals surface area contributed by atoms with E-state index in [0.29, 0.717) is 12.0 Å². The molecule has 0 unspecified atom stereocenters. The maximum absolute atomic E-state index is 12.3. The monoisotopic (exact) mass is 320 g/mol. The lowest BCUT2D eigenvalue weighted by Crippen LogP contribution is -2.48. The molecule has 1 aromatic rings. The lowest BCUT2D eigenvalue weighted by atomic mass is 9.93. The third-order valence-corrected chi connectivity index (χ3v) is 4.49. The zero-order valence-corrected chi connectivity index (χ0v) is 15.5. The van der Waals surface area contributed by atoms with Crippen molar-refractivity contribution in [1.82, 2.24) is 20.0 Å². The predicted molar refractivity (Wildman–Crippen MR) is 93.2 cm³/mol. The van der Waals surface area contributed by atoms with Crippen LogP contribution in [0.25, 0.3) is 0 Å². The van der Waals surface area contributed by atoms with Crippen LogP contribution in [0.5, 0.6) is 0 Å². The highest BCUT2D eigenvalue weighted by molar-refractivity contribution is 5.81. The van der Waals surface area contributed by atoms with Crippen molar-refractivity contribution in [2.75, 3.05) is 13.1 Å². The van der Waals surface area contributed by atoms with E-state index in [4.69, 9.17) is 0 Å². The van der Waals surface area contributed by atoms with Gasteiger partial charge in [-0.1, -0.05) is 34.6 Å². The smallest absolute Gasteiger partial charge is 0.227 e. The molecule has 5 heteroatoms. The van der Waals surface area contributed by atoms with Gasteiger partial charge in [0, 0.05) is 49.9 Å². The lowest BCUT2D eigenvalue weighted by Gasteiger charge is -2.36. The fraction of sp³-hybridized carbons (Fsp3) is 0.778. The molecule has 2 rings (SSSR count). The number of aromatic nitrogens is 2. The highest BCUT2D eigenvalue weighted by atomic mass is 16.2. The van der Waals surface area contributed by atoms with Gasteiger partial charge in [-0.05, 0) is 18.8 Å². The first-order chi connectivity index (χ1) is 10.7. The standard InChI is InChI=1S/C18H32N4O/c1-13(2)16-14(12-21(6)20-16)11-19-15-7-9-22(10-8-15)17(23)18(3,4)5/h12-13,15,19H,7-11H2,1-6H3. The Labute approximate surface area is 140 Å². The van der Waals surface area contributed by atoms with Gasteiger partial charge in [-0.2, -0.15) is 5.10 Å². The summed E-state index contributed by atoms with van der Waals surface area (Å²) in [6, 6.07) is 0.485. The number of amides is 1. The third kappa shape index (κ3) is 4.56. The van der Waals surface area contributed by atoms with E-state index in [0.717, 1.165) is 32.5 Å². The molecule has 1 saturated heterocycles. The molecule has 2 heterocycles. The average molecular weight is 320 g/mol. The number of piperidine rings is 1. The van der Waals surface area contributed by atoms with Crippen LogP contribution in [0.1, 0.15) is 64.6 Å². The van der Waals surface area contributed by atoms with Crippen molar-refractivity contribution in [2.45, 2.75) is 66.0 Å². The summed E-state index contributed by atoms with van der Waals surface area (Å²) in [5.74, 6) is 0.713. The van der Waals surface area contributed by atoms with Crippen LogP contribution in [0.4, 0.5) is 0 Å². The van der Waals surface area contributed by atoms with E-state index in [-0.39, 0.29) is 11.3 Å². The molecule has 23 heavy (non-hydrogen) atoms. The van der Waals surface area contributed by atoms with Crippen LogP contribution in [0.2, 0.25) is 0 Å². The Morgan fingerprint density at radius 2 is 1.96 bits per heavy atom. The van der Waals surface area contributed by atoms with E-state index in [2.05, 4.69) is 30.5 Å². The van der Waals surface area contributed by atoms with Gasteiger partial charge < -0.3 is 10.2 Å². The van der Waals surface area contributed by atoms with Crippen molar-refractivity contribution in [3.8, 4) is 0 Å². The van der Waals surface area contributed by atoms with E-state index in [1.807, 2.05) is 37.4 Å². The van der Waals surface area contributed by atoms with E-state index < -0.39 is 0 Å². The van der Waals surface area contributed by atoms with Crippen molar-refractivity contribution >= 4 is 5.91 Å².